The average molecular weight is 524 g/mol. The van der Waals surface area contributed by atoms with Gasteiger partial charge in [0.25, 0.3) is 0 Å². The molecule has 1 amide bonds. The summed E-state index contributed by atoms with van der Waals surface area (Å²) in [5.41, 5.74) is 2.46. The first kappa shape index (κ1) is 24.3. The number of aromatic amines is 1. The minimum absolute atomic E-state index is 0.0402. The molecule has 0 bridgehead atoms. The van der Waals surface area contributed by atoms with Crippen molar-refractivity contribution in [2.75, 3.05) is 11.9 Å². The van der Waals surface area contributed by atoms with Crippen molar-refractivity contribution in [3.8, 4) is 11.3 Å². The molecule has 3 atom stereocenters. The highest BCUT2D eigenvalue weighted by Crippen LogP contribution is 2.36. The van der Waals surface area contributed by atoms with Crippen LogP contribution in [0.5, 0.6) is 0 Å². The second-order valence-corrected chi connectivity index (χ2v) is 10.6. The Balaban J connectivity index is 1.17. The molecule has 6 rings (SSSR count). The van der Waals surface area contributed by atoms with Crippen molar-refractivity contribution < 1.29 is 18.7 Å². The summed E-state index contributed by atoms with van der Waals surface area (Å²) < 4.78 is 29.7. The predicted molar refractivity (Wildman–Crippen MR) is 136 cm³/mol. The number of halogens is 1. The van der Waals surface area contributed by atoms with E-state index in [0.29, 0.717) is 34.7 Å². The minimum atomic E-state index is -1.54. The smallest absolute Gasteiger partial charge is 0.408 e. The zero-order valence-corrected chi connectivity index (χ0v) is 21.4. The Morgan fingerprint density at radius 3 is 3.00 bits per heavy atom. The van der Waals surface area contributed by atoms with E-state index in [4.69, 9.17) is 14.5 Å². The van der Waals surface area contributed by atoms with E-state index in [1.54, 1.807) is 29.1 Å². The number of aromatic nitrogens is 7. The van der Waals surface area contributed by atoms with Crippen LogP contribution in [0.4, 0.5) is 21.0 Å². The summed E-state index contributed by atoms with van der Waals surface area (Å²) in [6.45, 7) is 6.97. The van der Waals surface area contributed by atoms with Crippen LogP contribution in [0.1, 0.15) is 45.4 Å². The van der Waals surface area contributed by atoms with Gasteiger partial charge in [-0.3, -0.25) is 14.2 Å². The molecule has 0 unspecified atom stereocenters. The van der Waals surface area contributed by atoms with Gasteiger partial charge in [0.2, 0.25) is 5.95 Å². The van der Waals surface area contributed by atoms with Crippen LogP contribution in [0.25, 0.3) is 16.9 Å². The van der Waals surface area contributed by atoms with E-state index in [0.717, 1.165) is 24.9 Å². The molecule has 1 aliphatic heterocycles. The summed E-state index contributed by atoms with van der Waals surface area (Å²) in [6, 6.07) is 3.54. The Kier molecular flexibility index (Phi) is 6.01. The van der Waals surface area contributed by atoms with Gasteiger partial charge in [0.1, 0.15) is 11.8 Å². The fourth-order valence-electron chi connectivity index (χ4n) is 4.45. The van der Waals surface area contributed by atoms with Crippen molar-refractivity contribution in [2.45, 2.75) is 64.1 Å². The van der Waals surface area contributed by atoms with E-state index >= 15 is 4.39 Å². The number of ether oxygens (including phenoxy) is 2. The van der Waals surface area contributed by atoms with Gasteiger partial charge in [-0.05, 0) is 25.7 Å². The van der Waals surface area contributed by atoms with Gasteiger partial charge in [0, 0.05) is 48.4 Å². The van der Waals surface area contributed by atoms with Crippen LogP contribution in [0.2, 0.25) is 0 Å². The number of amides is 1. The van der Waals surface area contributed by atoms with Gasteiger partial charge in [-0.2, -0.15) is 10.2 Å². The molecule has 5 heterocycles. The number of carbonyl (C=O) groups is 1. The number of nitrogens with zero attached hydrogens (tertiary/aromatic N) is 6. The summed E-state index contributed by atoms with van der Waals surface area (Å²) in [7, 11) is 0. The average Bonchev–Trinajstić information content (AvgIpc) is 3.39. The Labute approximate surface area is 217 Å². The van der Waals surface area contributed by atoms with Gasteiger partial charge in [-0.1, -0.05) is 13.8 Å². The molecule has 1 saturated heterocycles. The van der Waals surface area contributed by atoms with Crippen LogP contribution in [0.3, 0.4) is 0 Å². The molecular formula is C25H30FN9O3. The summed E-state index contributed by atoms with van der Waals surface area (Å²) in [5.74, 6) is 1.38. The van der Waals surface area contributed by atoms with Crippen molar-refractivity contribution in [3.05, 3.63) is 42.6 Å². The molecule has 1 saturated carbocycles. The maximum absolute atomic E-state index is 15.1. The number of anilines is 2. The van der Waals surface area contributed by atoms with Gasteiger partial charge in [-0.25, -0.2) is 19.2 Å². The maximum Gasteiger partial charge on any atom is 0.408 e. The lowest BCUT2D eigenvalue weighted by molar-refractivity contribution is 0.0604. The largest absolute Gasteiger partial charge is 0.441 e. The molecule has 0 spiro atoms. The first-order chi connectivity index (χ1) is 18.3. The standard InChI is InChI=1S/C25H30FN9O3/c1-14(2)11-34-12-15(10-28-34)16-9-20-27-6-7-35(20)23(29-16)30-19-8-17(32-33-19)22-21(26)18(13-37-22)38-24(36)31-25(3)4-5-25/h6-10,12,14,18,21-22H,4-5,11,13H2,1-3H3,(H,31,36)(H2,29,30,32,33)/t18-,21-,22-/m1/s1. The van der Waals surface area contributed by atoms with E-state index in [2.05, 4.69) is 44.8 Å². The first-order valence-corrected chi connectivity index (χ1v) is 12.7. The molecule has 2 fully saturated rings. The number of rotatable bonds is 8. The zero-order valence-electron chi connectivity index (χ0n) is 21.4. The van der Waals surface area contributed by atoms with Crippen molar-refractivity contribution >= 4 is 23.5 Å². The second-order valence-electron chi connectivity index (χ2n) is 10.6. The lowest BCUT2D eigenvalue weighted by atomic mass is 10.1. The van der Waals surface area contributed by atoms with E-state index in [-0.39, 0.29) is 12.1 Å². The van der Waals surface area contributed by atoms with Gasteiger partial charge < -0.3 is 20.1 Å². The number of fused-ring (bicyclic) bond motifs is 1. The first-order valence-electron chi connectivity index (χ1n) is 12.7. The number of alkyl halides is 1. The van der Waals surface area contributed by atoms with Crippen LogP contribution >= 0.6 is 0 Å². The van der Waals surface area contributed by atoms with Gasteiger partial charge in [0.15, 0.2) is 18.1 Å². The molecule has 0 radical (unpaired) electrons. The minimum Gasteiger partial charge on any atom is -0.441 e. The van der Waals surface area contributed by atoms with Gasteiger partial charge >= 0.3 is 6.09 Å². The lowest BCUT2D eigenvalue weighted by Crippen LogP contribution is -2.39. The van der Waals surface area contributed by atoms with Crippen LogP contribution in [-0.4, -0.2) is 64.9 Å². The van der Waals surface area contributed by atoms with Crippen molar-refractivity contribution in [3.63, 3.8) is 0 Å². The number of imidazole rings is 1. The van der Waals surface area contributed by atoms with Crippen molar-refractivity contribution in [1.29, 1.82) is 0 Å². The van der Waals surface area contributed by atoms with Crippen LogP contribution in [-0.2, 0) is 16.0 Å². The topological polar surface area (TPSA) is 136 Å². The molecule has 0 aromatic carbocycles. The van der Waals surface area contributed by atoms with Crippen molar-refractivity contribution in [1.82, 2.24) is 39.7 Å². The van der Waals surface area contributed by atoms with Crippen molar-refractivity contribution in [2.24, 2.45) is 5.92 Å². The molecule has 1 aliphatic carbocycles. The fraction of sp³-hybridized carbons (Fsp3) is 0.480. The molecule has 13 heteroatoms. The number of carbonyl (C=O) groups excluding carboxylic acids is 1. The van der Waals surface area contributed by atoms with Gasteiger partial charge in [0.05, 0.1) is 24.2 Å². The molecule has 4 aromatic rings. The molecule has 4 aromatic heterocycles. The van der Waals surface area contributed by atoms with Gasteiger partial charge in [-0.15, -0.1) is 0 Å². The molecule has 3 N–H and O–H groups in total. The fourth-order valence-corrected chi connectivity index (χ4v) is 4.45. The maximum atomic E-state index is 15.1. The number of hydrogen-bond donors (Lipinski definition) is 3. The molecule has 200 valence electrons. The SMILES string of the molecule is CC(C)Cn1cc(-c2cc3nccn3c(Nc3cc([C@H]4OC[C@@H](OC(=O)NC5(C)CC5)[C@H]4F)[nH]n3)n2)cn1. The number of H-pyrrole nitrogens is 1. The highest BCUT2D eigenvalue weighted by molar-refractivity contribution is 5.69. The molecule has 12 nitrogen and oxygen atoms in total. The van der Waals surface area contributed by atoms with E-state index in [9.17, 15) is 4.79 Å². The van der Waals surface area contributed by atoms with E-state index in [1.807, 2.05) is 23.9 Å². The molecule has 38 heavy (non-hydrogen) atoms. The Morgan fingerprint density at radius 2 is 2.21 bits per heavy atom. The quantitative estimate of drug-likeness (QED) is 0.318. The summed E-state index contributed by atoms with van der Waals surface area (Å²) >= 11 is 0. The Morgan fingerprint density at radius 1 is 1.37 bits per heavy atom. The third kappa shape index (κ3) is 4.93. The zero-order chi connectivity index (χ0) is 26.4. The van der Waals surface area contributed by atoms with Crippen LogP contribution in [0, 0.1) is 5.92 Å². The summed E-state index contributed by atoms with van der Waals surface area (Å²) in [5, 5.41) is 17.5. The second kappa shape index (κ2) is 9.39. The predicted octanol–water partition coefficient (Wildman–Crippen LogP) is 3.77. The van der Waals surface area contributed by atoms with Crippen LogP contribution in [0.15, 0.2) is 36.9 Å². The molecule has 2 aliphatic rings. The summed E-state index contributed by atoms with van der Waals surface area (Å²) in [6.07, 6.45) is 4.89. The highest BCUT2D eigenvalue weighted by atomic mass is 19.1. The normalized spacial score (nSPS) is 22.2. The lowest BCUT2D eigenvalue weighted by Gasteiger charge is -2.17. The third-order valence-electron chi connectivity index (χ3n) is 6.76. The highest BCUT2D eigenvalue weighted by Gasteiger charge is 2.44. The summed E-state index contributed by atoms with van der Waals surface area (Å²) in [4.78, 5) is 21.3. The molecular weight excluding hydrogens is 493 g/mol. The third-order valence-corrected chi connectivity index (χ3v) is 6.76. The van der Waals surface area contributed by atoms with E-state index < -0.39 is 24.5 Å². The van der Waals surface area contributed by atoms with Crippen LogP contribution < -0.4 is 10.6 Å². The number of alkyl carbamates (subject to hydrolysis) is 1. The Hall–Kier alpha value is -4.00. The van der Waals surface area contributed by atoms with E-state index in [1.165, 1.54) is 0 Å². The number of hydrogen-bond acceptors (Lipinski definition) is 8. The Bertz CT molecular complexity index is 1460. The monoisotopic (exact) mass is 523 g/mol. The number of nitrogens with one attached hydrogen (secondary N) is 3.